The SMILES string of the molecule is C[S-](=O)=Nc1ccc2c(c1)C(O)NC2=O. The molecule has 0 saturated heterocycles. The number of carbonyl (C=O) groups excluding carboxylic acids is 1. The van der Waals surface area contributed by atoms with Gasteiger partial charge in [0.2, 0.25) is 0 Å². The number of rotatable bonds is 1. The number of nitrogens with zero attached hydrogens (tertiary/aromatic N) is 1. The van der Waals surface area contributed by atoms with E-state index in [1.54, 1.807) is 18.2 Å². The van der Waals surface area contributed by atoms with Crippen molar-refractivity contribution in [3.8, 4) is 0 Å². The summed E-state index contributed by atoms with van der Waals surface area (Å²) >= 11 is 0. The minimum atomic E-state index is -1.29. The average molecular weight is 225 g/mol. The Kier molecular flexibility index (Phi) is 2.45. The second-order valence-corrected chi connectivity index (χ2v) is 4.19. The van der Waals surface area contributed by atoms with E-state index in [9.17, 15) is 14.1 Å². The molecule has 5 nitrogen and oxygen atoms in total. The molecule has 1 heterocycles. The predicted octanol–water partition coefficient (Wildman–Crippen LogP) is 0.830. The monoisotopic (exact) mass is 225 g/mol. The molecular weight excluding hydrogens is 216 g/mol. The van der Waals surface area contributed by atoms with Crippen LogP contribution in [-0.4, -0.2) is 17.3 Å². The van der Waals surface area contributed by atoms with Crippen LogP contribution in [0.4, 0.5) is 5.69 Å². The van der Waals surface area contributed by atoms with Gasteiger partial charge >= 0.3 is 0 Å². The van der Waals surface area contributed by atoms with Crippen molar-refractivity contribution in [3.63, 3.8) is 0 Å². The number of amides is 1. The summed E-state index contributed by atoms with van der Waals surface area (Å²) in [6, 6.07) is 4.71. The Morgan fingerprint density at radius 2 is 2.27 bits per heavy atom. The number of fused-ring (bicyclic) bond motifs is 1. The van der Waals surface area contributed by atoms with Gasteiger partial charge in [-0.15, -0.1) is 6.26 Å². The van der Waals surface area contributed by atoms with Crippen molar-refractivity contribution in [2.45, 2.75) is 6.23 Å². The minimum absolute atomic E-state index is 0.304. The van der Waals surface area contributed by atoms with Crippen LogP contribution in [0.5, 0.6) is 0 Å². The highest BCUT2D eigenvalue weighted by Gasteiger charge is 2.26. The number of carbonyl (C=O) groups is 1. The molecule has 0 bridgehead atoms. The summed E-state index contributed by atoms with van der Waals surface area (Å²) in [6.07, 6.45) is 0.459. The number of benzene rings is 1. The molecule has 0 saturated carbocycles. The molecule has 1 aromatic rings. The molecular formula is C9H9N2O3S-. The van der Waals surface area contributed by atoms with Crippen LogP contribution in [0, 0.1) is 0 Å². The summed E-state index contributed by atoms with van der Waals surface area (Å²) in [6.45, 7) is 0. The van der Waals surface area contributed by atoms with Gasteiger partial charge in [0, 0.05) is 16.8 Å². The molecule has 1 aliphatic heterocycles. The van der Waals surface area contributed by atoms with Crippen LogP contribution in [0.25, 0.3) is 0 Å². The van der Waals surface area contributed by atoms with Crippen molar-refractivity contribution in [2.75, 3.05) is 6.26 Å². The van der Waals surface area contributed by atoms with Crippen molar-refractivity contribution >= 4 is 22.2 Å². The fourth-order valence-corrected chi connectivity index (χ4v) is 1.88. The summed E-state index contributed by atoms with van der Waals surface area (Å²) < 4.78 is 14.7. The van der Waals surface area contributed by atoms with Crippen LogP contribution in [0.15, 0.2) is 22.6 Å². The molecule has 0 aliphatic carbocycles. The largest absolute Gasteiger partial charge is 0.444 e. The summed E-state index contributed by atoms with van der Waals surface area (Å²) in [7, 11) is -1.29. The van der Waals surface area contributed by atoms with E-state index in [0.29, 0.717) is 16.8 Å². The molecule has 1 aromatic carbocycles. The molecule has 15 heavy (non-hydrogen) atoms. The molecule has 6 heteroatoms. The van der Waals surface area contributed by atoms with Crippen LogP contribution < -0.4 is 5.32 Å². The molecule has 1 unspecified atom stereocenters. The molecule has 1 atom stereocenters. The van der Waals surface area contributed by atoms with E-state index in [1.807, 2.05) is 0 Å². The second kappa shape index (κ2) is 3.63. The van der Waals surface area contributed by atoms with E-state index < -0.39 is 16.8 Å². The number of aliphatic hydroxyl groups excluding tert-OH is 1. The molecule has 0 fully saturated rings. The Balaban J connectivity index is 2.52. The second-order valence-electron chi connectivity index (χ2n) is 3.16. The van der Waals surface area contributed by atoms with Gasteiger partial charge in [0.25, 0.3) is 5.91 Å². The first-order valence-electron chi connectivity index (χ1n) is 4.26. The van der Waals surface area contributed by atoms with Gasteiger partial charge in [-0.1, -0.05) is 0 Å². The minimum Gasteiger partial charge on any atom is -0.444 e. The molecule has 2 rings (SSSR count). The molecule has 1 amide bonds. The summed E-state index contributed by atoms with van der Waals surface area (Å²) in [5.74, 6) is -0.304. The van der Waals surface area contributed by atoms with E-state index in [-0.39, 0.29) is 5.91 Å². The van der Waals surface area contributed by atoms with Gasteiger partial charge in [-0.2, -0.15) is 10.6 Å². The van der Waals surface area contributed by atoms with Crippen LogP contribution in [0.1, 0.15) is 22.1 Å². The van der Waals surface area contributed by atoms with Gasteiger partial charge in [0.1, 0.15) is 0 Å². The van der Waals surface area contributed by atoms with Gasteiger partial charge in [-0.05, 0) is 18.2 Å². The smallest absolute Gasteiger partial charge is 0.253 e. The Bertz CT molecular complexity index is 506. The Labute approximate surface area is 88.3 Å². The van der Waals surface area contributed by atoms with E-state index >= 15 is 0 Å². The van der Waals surface area contributed by atoms with E-state index in [1.165, 1.54) is 6.26 Å². The Morgan fingerprint density at radius 1 is 1.53 bits per heavy atom. The summed E-state index contributed by atoms with van der Waals surface area (Å²) in [4.78, 5) is 11.2. The zero-order valence-corrected chi connectivity index (χ0v) is 8.75. The van der Waals surface area contributed by atoms with Crippen LogP contribution in [0.2, 0.25) is 0 Å². The number of nitrogens with one attached hydrogen (secondary N) is 1. The highest BCUT2D eigenvalue weighted by atomic mass is 32.2. The van der Waals surface area contributed by atoms with E-state index in [4.69, 9.17) is 0 Å². The molecule has 0 aromatic heterocycles. The zero-order chi connectivity index (χ0) is 11.0. The highest BCUT2D eigenvalue weighted by molar-refractivity contribution is 7.74. The third-order valence-electron chi connectivity index (χ3n) is 2.08. The number of hydrogen-bond donors (Lipinski definition) is 2. The van der Waals surface area contributed by atoms with Crippen molar-refractivity contribution in [2.24, 2.45) is 4.36 Å². The lowest BCUT2D eigenvalue weighted by atomic mass is 10.1. The fraction of sp³-hybridized carbons (Fsp3) is 0.222. The van der Waals surface area contributed by atoms with Gasteiger partial charge in [0.05, 0.1) is 0 Å². The van der Waals surface area contributed by atoms with Gasteiger partial charge in [-0.25, -0.2) is 0 Å². The van der Waals surface area contributed by atoms with Crippen molar-refractivity contribution in [3.05, 3.63) is 29.3 Å². The van der Waals surface area contributed by atoms with Gasteiger partial charge in [-0.3, -0.25) is 4.79 Å². The number of hydrogen-bond acceptors (Lipinski definition) is 5. The molecule has 1 aliphatic rings. The first kappa shape index (κ1) is 10.1. The van der Waals surface area contributed by atoms with Crippen LogP contribution in [0.3, 0.4) is 0 Å². The maximum atomic E-state index is 11.2. The average Bonchev–Trinajstić information content (AvgIpc) is 2.41. The van der Waals surface area contributed by atoms with Crippen molar-refractivity contribution in [1.82, 2.24) is 5.32 Å². The Morgan fingerprint density at radius 3 is 2.93 bits per heavy atom. The van der Waals surface area contributed by atoms with Crippen molar-refractivity contribution in [1.29, 1.82) is 0 Å². The highest BCUT2D eigenvalue weighted by Crippen LogP contribution is 2.27. The van der Waals surface area contributed by atoms with Crippen molar-refractivity contribution < 1.29 is 14.1 Å². The summed E-state index contributed by atoms with van der Waals surface area (Å²) in [5.41, 5.74) is 1.40. The maximum absolute atomic E-state index is 11.2. The lowest BCUT2D eigenvalue weighted by molar-refractivity contribution is 0.0850. The first-order valence-corrected chi connectivity index (χ1v) is 5.77. The standard InChI is InChI=1S/C9H9N2O3S/c1-15(14)11-5-2-3-6-7(4-5)9(13)10-8(6)12/h2-4,9,13H,1H3,(H,10,12)/q-1. The normalized spacial score (nSPS) is 21.2. The first-order chi connectivity index (χ1) is 7.08. The topological polar surface area (TPSA) is 78.8 Å². The predicted molar refractivity (Wildman–Crippen MR) is 54.9 cm³/mol. The third kappa shape index (κ3) is 1.86. The lowest BCUT2D eigenvalue weighted by Crippen LogP contribution is -2.17. The molecule has 80 valence electrons. The van der Waals surface area contributed by atoms with E-state index in [0.717, 1.165) is 0 Å². The molecule has 0 radical (unpaired) electrons. The van der Waals surface area contributed by atoms with Crippen LogP contribution >= 0.6 is 0 Å². The van der Waals surface area contributed by atoms with Crippen LogP contribution in [-0.2, 0) is 14.8 Å². The Hall–Kier alpha value is -1.40. The maximum Gasteiger partial charge on any atom is 0.253 e. The van der Waals surface area contributed by atoms with Gasteiger partial charge < -0.3 is 19.0 Å². The molecule has 0 spiro atoms. The van der Waals surface area contributed by atoms with E-state index in [2.05, 4.69) is 9.68 Å². The van der Waals surface area contributed by atoms with Gasteiger partial charge in [0.15, 0.2) is 6.23 Å². The fourth-order valence-electron chi connectivity index (χ4n) is 1.47. The molecule has 2 N–H and O–H groups in total. The quantitative estimate of drug-likeness (QED) is 0.695. The number of aliphatic hydroxyl groups is 1. The third-order valence-corrected chi connectivity index (χ3v) is 2.54. The summed E-state index contributed by atoms with van der Waals surface area (Å²) in [5, 5.41) is 11.8. The lowest BCUT2D eigenvalue weighted by Gasteiger charge is -2.04. The zero-order valence-electron chi connectivity index (χ0n) is 7.93.